The molecule has 0 spiro atoms. The number of phenolic OH excluding ortho intramolecular Hbond substituents is 2. The first-order chi connectivity index (χ1) is 20.9. The van der Waals surface area contributed by atoms with E-state index in [0.29, 0.717) is 18.8 Å². The first-order valence-corrected chi connectivity index (χ1v) is 14.8. The van der Waals surface area contributed by atoms with Crippen LogP contribution in [0.25, 0.3) is 21.9 Å². The van der Waals surface area contributed by atoms with Crippen molar-refractivity contribution in [1.82, 2.24) is 4.90 Å². The predicted octanol–water partition coefficient (Wildman–Crippen LogP) is 6.91. The van der Waals surface area contributed by atoms with Gasteiger partial charge in [-0.25, -0.2) is 0 Å². The fourth-order valence-electron chi connectivity index (χ4n) is 5.86. The molecule has 6 heteroatoms. The average Bonchev–Trinajstić information content (AvgIpc) is 3.03. The number of phenols is 2. The molecule has 1 fully saturated rings. The number of ketones is 1. The van der Waals surface area contributed by atoms with Crippen LogP contribution >= 0.6 is 0 Å². The van der Waals surface area contributed by atoms with Crippen LogP contribution in [0.3, 0.4) is 0 Å². The third kappa shape index (κ3) is 6.50. The SMILES string of the molecule is CC(=O)c1ccc(N2CCN(CCOc3cc(O)c(Cc4cccc5ccccc45)c(-c4ccc(O)cc4)c3)CC2)cc1. The maximum absolute atomic E-state index is 11.6. The number of carbonyl (C=O) groups excluding carboxylic acids is 1. The number of carbonyl (C=O) groups is 1. The lowest BCUT2D eigenvalue weighted by Gasteiger charge is -2.36. The summed E-state index contributed by atoms with van der Waals surface area (Å²) in [5.41, 5.74) is 5.62. The minimum atomic E-state index is 0.0827. The molecule has 1 aliphatic heterocycles. The van der Waals surface area contributed by atoms with Crippen molar-refractivity contribution in [2.24, 2.45) is 0 Å². The van der Waals surface area contributed by atoms with E-state index in [4.69, 9.17) is 4.74 Å². The highest BCUT2D eigenvalue weighted by molar-refractivity contribution is 5.94. The summed E-state index contributed by atoms with van der Waals surface area (Å²) in [5.74, 6) is 1.09. The molecule has 1 saturated heterocycles. The summed E-state index contributed by atoms with van der Waals surface area (Å²) >= 11 is 0. The monoisotopic (exact) mass is 572 g/mol. The number of benzene rings is 5. The van der Waals surface area contributed by atoms with Crippen molar-refractivity contribution in [3.63, 3.8) is 0 Å². The molecule has 0 amide bonds. The van der Waals surface area contributed by atoms with Gasteiger partial charge in [0.1, 0.15) is 23.9 Å². The first-order valence-electron chi connectivity index (χ1n) is 14.8. The first kappa shape index (κ1) is 28.3. The molecule has 43 heavy (non-hydrogen) atoms. The Hall–Kier alpha value is -4.81. The van der Waals surface area contributed by atoms with Crippen LogP contribution in [-0.2, 0) is 6.42 Å². The lowest BCUT2D eigenvalue weighted by molar-refractivity contribution is 0.101. The Morgan fingerprint density at radius 3 is 2.28 bits per heavy atom. The zero-order chi connectivity index (χ0) is 29.8. The number of aromatic hydroxyl groups is 2. The topological polar surface area (TPSA) is 73.2 Å². The van der Waals surface area contributed by atoms with Crippen molar-refractivity contribution in [2.75, 3.05) is 44.2 Å². The molecule has 5 aromatic carbocycles. The standard InChI is InChI=1S/C37H36N2O4/c1-26(40)27-9-13-31(14-10-27)39-19-17-38(18-20-39)21-22-43-33-24-35(29-11-15-32(41)16-12-29)36(37(42)25-33)23-30-7-4-6-28-5-2-3-8-34(28)30/h2-16,24-25,41-42H,17-23H2,1H3. The van der Waals surface area contributed by atoms with Crippen molar-refractivity contribution >= 4 is 22.2 Å². The zero-order valence-electron chi connectivity index (χ0n) is 24.4. The van der Waals surface area contributed by atoms with E-state index in [9.17, 15) is 15.0 Å². The van der Waals surface area contributed by atoms with Gasteiger partial charge in [0.05, 0.1) is 0 Å². The minimum absolute atomic E-state index is 0.0827. The Kier molecular flexibility index (Phi) is 8.29. The lowest BCUT2D eigenvalue weighted by atomic mass is 9.91. The zero-order valence-corrected chi connectivity index (χ0v) is 24.4. The van der Waals surface area contributed by atoms with Crippen LogP contribution in [0.2, 0.25) is 0 Å². The van der Waals surface area contributed by atoms with Crippen molar-refractivity contribution in [2.45, 2.75) is 13.3 Å². The van der Waals surface area contributed by atoms with E-state index in [2.05, 4.69) is 40.1 Å². The fraction of sp³-hybridized carbons (Fsp3) is 0.216. The maximum Gasteiger partial charge on any atom is 0.159 e. The summed E-state index contributed by atoms with van der Waals surface area (Å²) in [7, 11) is 0. The average molecular weight is 573 g/mol. The number of fused-ring (bicyclic) bond motifs is 1. The summed E-state index contributed by atoms with van der Waals surface area (Å²) < 4.78 is 6.20. The van der Waals surface area contributed by atoms with E-state index in [1.165, 1.54) is 0 Å². The van der Waals surface area contributed by atoms with E-state index < -0.39 is 0 Å². The Balaban J connectivity index is 1.14. The molecule has 2 N–H and O–H groups in total. The van der Waals surface area contributed by atoms with Gasteiger partial charge in [-0.2, -0.15) is 0 Å². The van der Waals surface area contributed by atoms with Crippen LogP contribution in [-0.4, -0.2) is 60.2 Å². The summed E-state index contributed by atoms with van der Waals surface area (Å²) in [5, 5.41) is 23.5. The molecule has 6 rings (SSSR count). The Labute approximate surface area is 252 Å². The molecule has 218 valence electrons. The largest absolute Gasteiger partial charge is 0.508 e. The normalized spacial score (nSPS) is 13.7. The van der Waals surface area contributed by atoms with Gasteiger partial charge < -0.3 is 19.8 Å². The van der Waals surface area contributed by atoms with E-state index in [1.807, 2.05) is 54.6 Å². The maximum atomic E-state index is 11.6. The quantitative estimate of drug-likeness (QED) is 0.187. The van der Waals surface area contributed by atoms with Crippen LogP contribution in [0.4, 0.5) is 5.69 Å². The second-order valence-corrected chi connectivity index (χ2v) is 11.1. The molecule has 0 radical (unpaired) electrons. The number of piperazine rings is 1. The Bertz CT molecular complexity index is 1720. The summed E-state index contributed by atoms with van der Waals surface area (Å²) in [6.45, 7) is 6.54. The number of hydrogen-bond donors (Lipinski definition) is 2. The molecule has 0 aromatic heterocycles. The van der Waals surface area contributed by atoms with Crippen LogP contribution in [0.5, 0.6) is 17.2 Å². The number of ether oxygens (including phenoxy) is 1. The van der Waals surface area contributed by atoms with E-state index >= 15 is 0 Å². The second-order valence-electron chi connectivity index (χ2n) is 11.1. The fourth-order valence-corrected chi connectivity index (χ4v) is 5.86. The van der Waals surface area contributed by atoms with E-state index in [1.54, 1.807) is 25.1 Å². The molecular formula is C37H36N2O4. The van der Waals surface area contributed by atoms with Gasteiger partial charge in [-0.15, -0.1) is 0 Å². The molecule has 0 bridgehead atoms. The summed E-state index contributed by atoms with van der Waals surface area (Å²) in [4.78, 5) is 16.3. The summed E-state index contributed by atoms with van der Waals surface area (Å²) in [6, 6.07) is 33.2. The molecule has 6 nitrogen and oxygen atoms in total. The predicted molar refractivity (Wildman–Crippen MR) is 173 cm³/mol. The molecule has 0 aliphatic carbocycles. The lowest BCUT2D eigenvalue weighted by Crippen LogP contribution is -2.47. The Morgan fingerprint density at radius 2 is 1.53 bits per heavy atom. The number of hydrogen-bond acceptors (Lipinski definition) is 6. The van der Waals surface area contributed by atoms with Crippen molar-refractivity contribution in [3.8, 4) is 28.4 Å². The van der Waals surface area contributed by atoms with Gasteiger partial charge in [-0.05, 0) is 76.9 Å². The number of anilines is 1. The number of rotatable bonds is 9. The molecule has 0 unspecified atom stereocenters. The minimum Gasteiger partial charge on any atom is -0.508 e. The second kappa shape index (κ2) is 12.6. The molecule has 0 atom stereocenters. The van der Waals surface area contributed by atoms with Crippen LogP contribution < -0.4 is 9.64 Å². The smallest absolute Gasteiger partial charge is 0.159 e. The van der Waals surface area contributed by atoms with Gasteiger partial charge in [-0.3, -0.25) is 9.69 Å². The number of nitrogens with zero attached hydrogens (tertiary/aromatic N) is 2. The van der Waals surface area contributed by atoms with Crippen LogP contribution in [0.15, 0.2) is 103 Å². The van der Waals surface area contributed by atoms with Gasteiger partial charge in [0.25, 0.3) is 0 Å². The third-order valence-corrected chi connectivity index (χ3v) is 8.31. The van der Waals surface area contributed by atoms with Crippen molar-refractivity contribution in [1.29, 1.82) is 0 Å². The highest BCUT2D eigenvalue weighted by Gasteiger charge is 2.19. The van der Waals surface area contributed by atoms with Gasteiger partial charge in [0.15, 0.2) is 5.78 Å². The van der Waals surface area contributed by atoms with Crippen LogP contribution in [0, 0.1) is 0 Å². The Morgan fingerprint density at radius 1 is 0.814 bits per heavy atom. The molecular weight excluding hydrogens is 536 g/mol. The van der Waals surface area contributed by atoms with Crippen molar-refractivity contribution < 1.29 is 19.7 Å². The molecule has 5 aromatic rings. The third-order valence-electron chi connectivity index (χ3n) is 8.31. The molecule has 0 saturated carbocycles. The van der Waals surface area contributed by atoms with Gasteiger partial charge in [0, 0.05) is 62.0 Å². The highest BCUT2D eigenvalue weighted by Crippen LogP contribution is 2.38. The van der Waals surface area contributed by atoms with Gasteiger partial charge in [0.2, 0.25) is 0 Å². The van der Waals surface area contributed by atoms with E-state index in [-0.39, 0.29) is 17.3 Å². The highest BCUT2D eigenvalue weighted by atomic mass is 16.5. The summed E-state index contributed by atoms with van der Waals surface area (Å²) in [6.07, 6.45) is 0.561. The van der Waals surface area contributed by atoms with E-state index in [0.717, 1.165) is 77.0 Å². The van der Waals surface area contributed by atoms with Gasteiger partial charge >= 0.3 is 0 Å². The number of Topliss-reactive ketones (excluding diaryl/α,β-unsaturated/α-hetero) is 1. The molecule has 1 aliphatic rings. The van der Waals surface area contributed by atoms with Crippen molar-refractivity contribution in [3.05, 3.63) is 120 Å². The van der Waals surface area contributed by atoms with Crippen LogP contribution in [0.1, 0.15) is 28.4 Å². The molecule has 1 heterocycles. The van der Waals surface area contributed by atoms with Gasteiger partial charge in [-0.1, -0.05) is 54.6 Å².